The highest BCUT2D eigenvalue weighted by atomic mass is 16.5. The molecule has 0 radical (unpaired) electrons. The first-order valence-electron chi connectivity index (χ1n) is 7.32. The number of ether oxygens (including phenoxy) is 1. The van der Waals surface area contributed by atoms with Crippen LogP contribution in [0, 0.1) is 0 Å². The monoisotopic (exact) mass is 285 g/mol. The van der Waals surface area contributed by atoms with Gasteiger partial charge in [0, 0.05) is 13.1 Å². The van der Waals surface area contributed by atoms with Crippen LogP contribution in [0.3, 0.4) is 0 Å². The van der Waals surface area contributed by atoms with Gasteiger partial charge in [0.15, 0.2) is 0 Å². The molecule has 0 saturated heterocycles. The van der Waals surface area contributed by atoms with Crippen molar-refractivity contribution in [1.29, 1.82) is 0 Å². The molecule has 3 heteroatoms. The Morgan fingerprint density at radius 3 is 2.29 bits per heavy atom. The molecule has 2 aromatic rings. The molecule has 0 bridgehead atoms. The second-order valence-corrected chi connectivity index (χ2v) is 5.28. The minimum Gasteiger partial charge on any atom is -0.491 e. The van der Waals surface area contributed by atoms with Crippen molar-refractivity contribution in [3.63, 3.8) is 0 Å². The minimum atomic E-state index is -0.481. The predicted molar refractivity (Wildman–Crippen MR) is 85.6 cm³/mol. The molecule has 21 heavy (non-hydrogen) atoms. The third-order valence-corrected chi connectivity index (χ3v) is 3.33. The zero-order valence-corrected chi connectivity index (χ0v) is 12.5. The van der Waals surface area contributed by atoms with Crippen molar-refractivity contribution in [1.82, 2.24) is 4.90 Å². The Bertz CT molecular complexity index is 454. The van der Waals surface area contributed by atoms with Crippen molar-refractivity contribution in [2.75, 3.05) is 26.7 Å². The molecule has 0 aliphatic heterocycles. The summed E-state index contributed by atoms with van der Waals surface area (Å²) in [6.45, 7) is 1.85. The highest BCUT2D eigenvalue weighted by molar-refractivity contribution is 5.20. The maximum absolute atomic E-state index is 10.0. The quantitative estimate of drug-likeness (QED) is 0.809. The number of likely N-dealkylation sites (N-methyl/N-ethyl adjacent to an activating group) is 1. The van der Waals surface area contributed by atoms with Gasteiger partial charge in [0.2, 0.25) is 0 Å². The fourth-order valence-corrected chi connectivity index (χ4v) is 2.18. The Balaban J connectivity index is 1.66. The summed E-state index contributed by atoms with van der Waals surface area (Å²) in [6, 6.07) is 20.0. The Hall–Kier alpha value is -1.84. The van der Waals surface area contributed by atoms with Crippen molar-refractivity contribution in [2.45, 2.75) is 12.5 Å². The number of aliphatic hydroxyl groups is 1. The van der Waals surface area contributed by atoms with Gasteiger partial charge in [-0.15, -0.1) is 0 Å². The van der Waals surface area contributed by atoms with Crippen molar-refractivity contribution in [3.05, 3.63) is 66.2 Å². The van der Waals surface area contributed by atoms with E-state index >= 15 is 0 Å². The summed E-state index contributed by atoms with van der Waals surface area (Å²) < 4.78 is 5.55. The van der Waals surface area contributed by atoms with Gasteiger partial charge in [0.25, 0.3) is 0 Å². The zero-order valence-electron chi connectivity index (χ0n) is 12.5. The largest absolute Gasteiger partial charge is 0.491 e. The van der Waals surface area contributed by atoms with Crippen molar-refractivity contribution >= 4 is 0 Å². The Labute approximate surface area is 126 Å². The highest BCUT2D eigenvalue weighted by Crippen LogP contribution is 2.08. The van der Waals surface area contributed by atoms with Gasteiger partial charge < -0.3 is 14.7 Å². The summed E-state index contributed by atoms with van der Waals surface area (Å²) in [5, 5.41) is 10.0. The van der Waals surface area contributed by atoms with E-state index in [1.54, 1.807) is 0 Å². The second-order valence-electron chi connectivity index (χ2n) is 5.28. The third-order valence-electron chi connectivity index (χ3n) is 3.33. The average Bonchev–Trinajstić information content (AvgIpc) is 2.53. The van der Waals surface area contributed by atoms with Gasteiger partial charge in [-0.1, -0.05) is 48.5 Å². The van der Waals surface area contributed by atoms with E-state index in [0.29, 0.717) is 13.2 Å². The summed E-state index contributed by atoms with van der Waals surface area (Å²) in [5.74, 6) is 0.795. The molecular formula is C18H23NO2. The van der Waals surface area contributed by atoms with E-state index in [4.69, 9.17) is 4.74 Å². The van der Waals surface area contributed by atoms with Crippen molar-refractivity contribution < 1.29 is 9.84 Å². The fraction of sp³-hybridized carbons (Fsp3) is 0.333. The molecule has 0 spiro atoms. The van der Waals surface area contributed by atoms with Gasteiger partial charge in [0.1, 0.15) is 18.5 Å². The van der Waals surface area contributed by atoms with Crippen LogP contribution in [0.25, 0.3) is 0 Å². The van der Waals surface area contributed by atoms with Gasteiger partial charge in [0.05, 0.1) is 0 Å². The van der Waals surface area contributed by atoms with Crippen molar-refractivity contribution in [3.8, 4) is 5.75 Å². The molecule has 2 aromatic carbocycles. The van der Waals surface area contributed by atoms with Crippen LogP contribution in [0.15, 0.2) is 60.7 Å². The molecule has 0 aromatic heterocycles. The molecule has 0 aliphatic rings. The summed E-state index contributed by atoms with van der Waals surface area (Å²) in [5.41, 5.74) is 1.32. The number of benzene rings is 2. The molecule has 2 rings (SSSR count). The van der Waals surface area contributed by atoms with Crippen LogP contribution in [-0.2, 0) is 6.42 Å². The number of hydrogen-bond donors (Lipinski definition) is 1. The van der Waals surface area contributed by atoms with E-state index in [1.807, 2.05) is 43.4 Å². The topological polar surface area (TPSA) is 32.7 Å². The van der Waals surface area contributed by atoms with Crippen molar-refractivity contribution in [2.24, 2.45) is 0 Å². The fourth-order valence-electron chi connectivity index (χ4n) is 2.18. The normalized spacial score (nSPS) is 12.3. The van der Waals surface area contributed by atoms with Crippen LogP contribution >= 0.6 is 0 Å². The molecule has 1 atom stereocenters. The van der Waals surface area contributed by atoms with E-state index in [-0.39, 0.29) is 0 Å². The first-order valence-corrected chi connectivity index (χ1v) is 7.32. The lowest BCUT2D eigenvalue weighted by Crippen LogP contribution is -2.34. The van der Waals surface area contributed by atoms with Gasteiger partial charge in [-0.25, -0.2) is 0 Å². The van der Waals surface area contributed by atoms with Gasteiger partial charge in [-0.2, -0.15) is 0 Å². The lowest BCUT2D eigenvalue weighted by molar-refractivity contribution is 0.0767. The molecule has 3 nitrogen and oxygen atoms in total. The Kier molecular flexibility index (Phi) is 6.25. The van der Waals surface area contributed by atoms with Gasteiger partial charge >= 0.3 is 0 Å². The lowest BCUT2D eigenvalue weighted by Gasteiger charge is -2.20. The Morgan fingerprint density at radius 1 is 1.00 bits per heavy atom. The maximum atomic E-state index is 10.0. The smallest absolute Gasteiger partial charge is 0.119 e. The maximum Gasteiger partial charge on any atom is 0.119 e. The molecule has 0 amide bonds. The van der Waals surface area contributed by atoms with E-state index in [2.05, 4.69) is 29.2 Å². The van der Waals surface area contributed by atoms with Crippen LogP contribution in [0.5, 0.6) is 5.75 Å². The Morgan fingerprint density at radius 2 is 1.62 bits per heavy atom. The number of nitrogens with zero attached hydrogens (tertiary/aromatic N) is 1. The second kappa shape index (κ2) is 8.45. The molecule has 112 valence electrons. The highest BCUT2D eigenvalue weighted by Gasteiger charge is 2.09. The average molecular weight is 285 g/mol. The number of aliphatic hydroxyl groups excluding tert-OH is 1. The first-order chi connectivity index (χ1) is 10.2. The number of rotatable bonds is 8. The molecular weight excluding hydrogens is 262 g/mol. The lowest BCUT2D eigenvalue weighted by atomic mass is 10.1. The number of hydrogen-bond acceptors (Lipinski definition) is 3. The predicted octanol–water partition coefficient (Wildman–Crippen LogP) is 2.60. The molecule has 1 N–H and O–H groups in total. The van der Waals surface area contributed by atoms with Crippen LogP contribution < -0.4 is 4.74 Å². The minimum absolute atomic E-state index is 0.319. The zero-order chi connectivity index (χ0) is 14.9. The van der Waals surface area contributed by atoms with Crippen LogP contribution in [0.2, 0.25) is 0 Å². The summed E-state index contributed by atoms with van der Waals surface area (Å²) in [7, 11) is 2.02. The molecule has 1 unspecified atom stereocenters. The van der Waals surface area contributed by atoms with Crippen LogP contribution in [0.1, 0.15) is 5.56 Å². The molecule has 0 saturated carbocycles. The van der Waals surface area contributed by atoms with E-state index < -0.39 is 6.10 Å². The molecule has 0 fully saturated rings. The first kappa shape index (κ1) is 15.5. The SMILES string of the molecule is CN(CCc1ccccc1)CC(O)COc1ccccc1. The standard InChI is InChI=1S/C18H23NO2/c1-19(13-12-16-8-4-2-5-9-16)14-17(20)15-21-18-10-6-3-7-11-18/h2-11,17,20H,12-15H2,1H3. The summed E-state index contributed by atoms with van der Waals surface area (Å²) >= 11 is 0. The van der Waals surface area contributed by atoms with E-state index in [0.717, 1.165) is 18.7 Å². The van der Waals surface area contributed by atoms with Crippen LogP contribution in [-0.4, -0.2) is 42.9 Å². The molecule has 0 aliphatic carbocycles. The number of para-hydroxylation sites is 1. The third kappa shape index (κ3) is 5.98. The van der Waals surface area contributed by atoms with Crippen LogP contribution in [0.4, 0.5) is 0 Å². The summed E-state index contributed by atoms with van der Waals surface area (Å²) in [6.07, 6.45) is 0.509. The summed E-state index contributed by atoms with van der Waals surface area (Å²) in [4.78, 5) is 2.13. The van der Waals surface area contributed by atoms with E-state index in [1.165, 1.54) is 5.56 Å². The van der Waals surface area contributed by atoms with Gasteiger partial charge in [-0.3, -0.25) is 0 Å². The van der Waals surface area contributed by atoms with E-state index in [9.17, 15) is 5.11 Å². The van der Waals surface area contributed by atoms with Gasteiger partial charge in [-0.05, 0) is 31.2 Å². The molecule has 0 heterocycles.